The number of phosphoric acid groups is 2. The monoisotopic (exact) mass is 1410 g/mol. The first-order valence-corrected chi connectivity index (χ1v) is 42.9. The summed E-state index contributed by atoms with van der Waals surface area (Å²) in [7, 11) is -9.91. The van der Waals surface area contributed by atoms with E-state index in [1.165, 1.54) is 199 Å². The van der Waals surface area contributed by atoms with Gasteiger partial charge in [-0.25, -0.2) is 9.13 Å². The third-order valence-corrected chi connectivity index (χ3v) is 20.5. The molecule has 0 fully saturated rings. The zero-order valence-electron chi connectivity index (χ0n) is 62.8. The Hall–Kier alpha value is -1.94. The average Bonchev–Trinajstić information content (AvgIpc) is 2.26. The molecule has 0 radical (unpaired) electrons. The van der Waals surface area contributed by atoms with Crippen molar-refractivity contribution >= 4 is 39.5 Å². The molecule has 7 atom stereocenters. The second kappa shape index (κ2) is 67.5. The summed E-state index contributed by atoms with van der Waals surface area (Å²) >= 11 is 0. The number of aliphatic hydroxyl groups is 1. The number of carbonyl (C=O) groups is 4. The molecule has 0 aromatic heterocycles. The Bertz CT molecular complexity index is 1870. The predicted molar refractivity (Wildman–Crippen MR) is 391 cm³/mol. The van der Waals surface area contributed by atoms with Crippen LogP contribution in [0.2, 0.25) is 0 Å². The number of unbranched alkanes of at least 4 members (excludes halogenated alkanes) is 41. The van der Waals surface area contributed by atoms with Crippen LogP contribution < -0.4 is 0 Å². The second-order valence-electron chi connectivity index (χ2n) is 28.7. The Labute approximate surface area is 588 Å². The number of carbonyl (C=O) groups excluding carboxylic acids is 4. The van der Waals surface area contributed by atoms with Crippen LogP contribution >= 0.6 is 15.6 Å². The average molecular weight is 1410 g/mol. The normalized spacial score (nSPS) is 14.6. The van der Waals surface area contributed by atoms with Gasteiger partial charge in [-0.15, -0.1) is 0 Å². The van der Waals surface area contributed by atoms with Gasteiger partial charge in [0.25, 0.3) is 0 Å². The molecule has 19 heteroatoms. The summed E-state index contributed by atoms with van der Waals surface area (Å²) in [5.74, 6) is 0.133. The maximum Gasteiger partial charge on any atom is 0.472 e. The van der Waals surface area contributed by atoms with E-state index in [1.807, 2.05) is 0 Å². The van der Waals surface area contributed by atoms with Crippen LogP contribution in [0, 0.1) is 17.8 Å². The van der Waals surface area contributed by atoms with E-state index >= 15 is 0 Å². The van der Waals surface area contributed by atoms with E-state index in [4.69, 9.17) is 37.0 Å². The first-order chi connectivity index (χ1) is 46.3. The minimum absolute atomic E-state index is 0.102. The van der Waals surface area contributed by atoms with Gasteiger partial charge in [0, 0.05) is 25.7 Å². The molecule has 0 rings (SSSR count). The standard InChI is InChI=1S/C77H150O17P2/c1-8-11-12-13-14-15-16-17-18-19-20-23-26-29-32-35-44-51-58-74(79)87-64-72(93-76(81)60-53-46-36-33-30-27-24-21-22-25-28-31-34-41-48-55-68(4)5)66-91-95(83,84)89-62-71(78)63-90-96(85,86)92-67-73(94-77(82)61-54-47-40-38-43-50-57-70(7)10-3)65-88-75(80)59-52-45-39-37-42-49-56-69(6)9-2/h68-73,78H,8-67H2,1-7H3,(H,83,84)(H,85,86)/t69?,70?,71-,72-,73-/m1/s1. The molecule has 0 aliphatic rings. The van der Waals surface area contributed by atoms with E-state index in [0.717, 1.165) is 114 Å². The molecule has 0 spiro atoms. The molecule has 0 heterocycles. The van der Waals surface area contributed by atoms with Crippen molar-refractivity contribution in [2.45, 2.75) is 414 Å². The Morgan fingerprint density at radius 1 is 0.302 bits per heavy atom. The number of aliphatic hydroxyl groups excluding tert-OH is 1. The third kappa shape index (κ3) is 67.9. The van der Waals surface area contributed by atoms with E-state index in [2.05, 4.69) is 48.5 Å². The van der Waals surface area contributed by atoms with Gasteiger partial charge in [0.1, 0.15) is 19.3 Å². The minimum Gasteiger partial charge on any atom is -0.462 e. The molecule has 0 aliphatic heterocycles. The van der Waals surface area contributed by atoms with Gasteiger partial charge in [-0.3, -0.25) is 37.3 Å². The molecule has 4 unspecified atom stereocenters. The number of rotatable bonds is 75. The topological polar surface area (TPSA) is 237 Å². The van der Waals surface area contributed by atoms with E-state index in [1.54, 1.807) is 0 Å². The molecule has 0 bridgehead atoms. The molecule has 0 saturated carbocycles. The van der Waals surface area contributed by atoms with Crippen molar-refractivity contribution in [3.8, 4) is 0 Å². The molecule has 570 valence electrons. The van der Waals surface area contributed by atoms with Crippen LogP contribution in [0.3, 0.4) is 0 Å². The van der Waals surface area contributed by atoms with Gasteiger partial charge in [-0.1, -0.05) is 344 Å². The van der Waals surface area contributed by atoms with Gasteiger partial charge in [-0.05, 0) is 43.4 Å². The van der Waals surface area contributed by atoms with Gasteiger partial charge < -0.3 is 33.8 Å². The Morgan fingerprint density at radius 3 is 0.792 bits per heavy atom. The fraction of sp³-hybridized carbons (Fsp3) is 0.948. The van der Waals surface area contributed by atoms with Crippen molar-refractivity contribution in [3.63, 3.8) is 0 Å². The number of esters is 4. The molecule has 0 aromatic carbocycles. The zero-order valence-corrected chi connectivity index (χ0v) is 64.6. The molecule has 0 aromatic rings. The van der Waals surface area contributed by atoms with Crippen LogP contribution in [0.5, 0.6) is 0 Å². The summed E-state index contributed by atoms with van der Waals surface area (Å²) in [6.45, 7) is 11.8. The van der Waals surface area contributed by atoms with Crippen molar-refractivity contribution in [3.05, 3.63) is 0 Å². The largest absolute Gasteiger partial charge is 0.472 e. The summed E-state index contributed by atoms with van der Waals surface area (Å²) in [6.07, 6.45) is 54.3. The van der Waals surface area contributed by atoms with Gasteiger partial charge in [0.05, 0.1) is 26.4 Å². The molecule has 96 heavy (non-hydrogen) atoms. The summed E-state index contributed by atoms with van der Waals surface area (Å²) in [5.41, 5.74) is 0. The summed E-state index contributed by atoms with van der Waals surface area (Å²) < 4.78 is 68.5. The maximum absolute atomic E-state index is 13.1. The SMILES string of the molecule is CCCCCCCCCCCCCCCCCCCCC(=O)OC[C@H](COP(=O)(O)OC[C@@H](O)COP(=O)(O)OC[C@@H](COC(=O)CCCCCCCCC(C)CC)OC(=O)CCCCCCCCC(C)CC)OC(=O)CCCCCCCCCCCCCCCCCC(C)C. The van der Waals surface area contributed by atoms with Crippen LogP contribution in [-0.2, 0) is 65.4 Å². The van der Waals surface area contributed by atoms with Crippen LogP contribution in [0.15, 0.2) is 0 Å². The number of hydrogen-bond acceptors (Lipinski definition) is 15. The van der Waals surface area contributed by atoms with Crippen molar-refractivity contribution in [2.75, 3.05) is 39.6 Å². The zero-order chi connectivity index (χ0) is 70.9. The minimum atomic E-state index is -4.96. The maximum atomic E-state index is 13.1. The van der Waals surface area contributed by atoms with E-state index in [9.17, 15) is 43.2 Å². The van der Waals surface area contributed by atoms with Crippen LogP contribution in [0.4, 0.5) is 0 Å². The molecule has 0 amide bonds. The second-order valence-corrected chi connectivity index (χ2v) is 31.6. The quantitative estimate of drug-likeness (QED) is 0.0222. The Morgan fingerprint density at radius 2 is 0.531 bits per heavy atom. The summed E-state index contributed by atoms with van der Waals surface area (Å²) in [5, 5.41) is 10.6. The third-order valence-electron chi connectivity index (χ3n) is 18.6. The predicted octanol–water partition coefficient (Wildman–Crippen LogP) is 22.6. The molecule has 0 saturated heterocycles. The fourth-order valence-electron chi connectivity index (χ4n) is 11.7. The lowest BCUT2D eigenvalue weighted by Gasteiger charge is -2.21. The lowest BCUT2D eigenvalue weighted by atomic mass is 10.00. The van der Waals surface area contributed by atoms with Gasteiger partial charge in [0.2, 0.25) is 0 Å². The molecule has 0 aliphatic carbocycles. The van der Waals surface area contributed by atoms with Crippen molar-refractivity contribution in [1.29, 1.82) is 0 Å². The lowest BCUT2D eigenvalue weighted by Crippen LogP contribution is -2.30. The molecular formula is C77H150O17P2. The molecular weight excluding hydrogens is 1260 g/mol. The Balaban J connectivity index is 5.22. The van der Waals surface area contributed by atoms with E-state index in [-0.39, 0.29) is 25.7 Å². The van der Waals surface area contributed by atoms with Gasteiger partial charge >= 0.3 is 39.5 Å². The van der Waals surface area contributed by atoms with Crippen molar-refractivity contribution in [1.82, 2.24) is 0 Å². The molecule has 17 nitrogen and oxygen atoms in total. The van der Waals surface area contributed by atoms with Gasteiger partial charge in [-0.2, -0.15) is 0 Å². The summed E-state index contributed by atoms with van der Waals surface area (Å²) in [6, 6.07) is 0. The number of ether oxygens (including phenoxy) is 4. The van der Waals surface area contributed by atoms with Crippen LogP contribution in [-0.4, -0.2) is 96.7 Å². The lowest BCUT2D eigenvalue weighted by molar-refractivity contribution is -0.161. The van der Waals surface area contributed by atoms with Gasteiger partial charge in [0.15, 0.2) is 12.2 Å². The van der Waals surface area contributed by atoms with Crippen LogP contribution in [0.25, 0.3) is 0 Å². The van der Waals surface area contributed by atoms with Crippen molar-refractivity contribution in [2.24, 2.45) is 17.8 Å². The highest BCUT2D eigenvalue weighted by Crippen LogP contribution is 2.45. The highest BCUT2D eigenvalue weighted by atomic mass is 31.2. The number of hydrogen-bond donors (Lipinski definition) is 3. The highest BCUT2D eigenvalue weighted by molar-refractivity contribution is 7.47. The molecule has 3 N–H and O–H groups in total. The fourth-order valence-corrected chi connectivity index (χ4v) is 13.3. The highest BCUT2D eigenvalue weighted by Gasteiger charge is 2.30. The van der Waals surface area contributed by atoms with Crippen LogP contribution in [0.1, 0.15) is 395 Å². The van der Waals surface area contributed by atoms with Crippen molar-refractivity contribution < 1.29 is 80.2 Å². The first-order valence-electron chi connectivity index (χ1n) is 39.9. The smallest absolute Gasteiger partial charge is 0.462 e. The first kappa shape index (κ1) is 94.1. The number of phosphoric ester groups is 2. The Kier molecular flexibility index (Phi) is 66.2. The summed E-state index contributed by atoms with van der Waals surface area (Å²) in [4.78, 5) is 72.8. The van der Waals surface area contributed by atoms with E-state index in [0.29, 0.717) is 25.7 Å². The van der Waals surface area contributed by atoms with E-state index < -0.39 is 97.5 Å².